The van der Waals surface area contributed by atoms with Crippen molar-refractivity contribution in [1.82, 2.24) is 25.5 Å². The van der Waals surface area contributed by atoms with Gasteiger partial charge in [-0.1, -0.05) is 0 Å². The molecular formula is C25H33F3N6O2. The predicted molar refractivity (Wildman–Crippen MR) is 130 cm³/mol. The summed E-state index contributed by atoms with van der Waals surface area (Å²) in [5, 5.41) is 9.91. The molecule has 1 aliphatic heterocycles. The van der Waals surface area contributed by atoms with Crippen LogP contribution in [0.2, 0.25) is 0 Å². The molecule has 1 aromatic carbocycles. The predicted octanol–water partition coefficient (Wildman–Crippen LogP) is 3.48. The minimum Gasteiger partial charge on any atom is -0.358 e. The smallest absolute Gasteiger partial charge is 0.358 e. The van der Waals surface area contributed by atoms with E-state index in [1.807, 2.05) is 0 Å². The van der Waals surface area contributed by atoms with Gasteiger partial charge in [-0.05, 0) is 64.7 Å². The molecule has 196 valence electrons. The average molecular weight is 507 g/mol. The molecule has 1 saturated heterocycles. The molecule has 8 nitrogen and oxygen atoms in total. The first-order chi connectivity index (χ1) is 16.8. The van der Waals surface area contributed by atoms with Crippen LogP contribution in [0, 0.1) is 0 Å². The molecule has 0 spiro atoms. The number of aromatic nitrogens is 2. The van der Waals surface area contributed by atoms with Gasteiger partial charge >= 0.3 is 6.18 Å². The number of rotatable bonds is 5. The first-order valence-electron chi connectivity index (χ1n) is 12.3. The van der Waals surface area contributed by atoms with Crippen molar-refractivity contribution in [2.45, 2.75) is 89.3 Å². The van der Waals surface area contributed by atoms with Crippen LogP contribution in [-0.4, -0.2) is 62.9 Å². The Labute approximate surface area is 208 Å². The van der Waals surface area contributed by atoms with Gasteiger partial charge < -0.3 is 20.9 Å². The van der Waals surface area contributed by atoms with E-state index in [4.69, 9.17) is 0 Å². The first kappa shape index (κ1) is 26.1. The number of carbonyl (C=O) groups excluding carboxylic acids is 2. The lowest BCUT2D eigenvalue weighted by Crippen LogP contribution is -2.59. The minimum absolute atomic E-state index is 0.0664. The van der Waals surface area contributed by atoms with Gasteiger partial charge in [0.15, 0.2) is 0 Å². The Morgan fingerprint density at radius 1 is 1.11 bits per heavy atom. The van der Waals surface area contributed by atoms with E-state index in [1.54, 1.807) is 4.90 Å². The molecule has 1 aromatic heterocycles. The summed E-state index contributed by atoms with van der Waals surface area (Å²) in [4.78, 5) is 35.4. The molecular weight excluding hydrogens is 473 g/mol. The topological polar surface area (TPSA) is 99.2 Å². The van der Waals surface area contributed by atoms with Crippen LogP contribution >= 0.6 is 0 Å². The summed E-state index contributed by atoms with van der Waals surface area (Å²) >= 11 is 0. The number of nitrogens with one attached hydrogen (secondary N) is 3. The molecule has 1 saturated carbocycles. The molecule has 2 aromatic rings. The summed E-state index contributed by atoms with van der Waals surface area (Å²) in [7, 11) is 0. The van der Waals surface area contributed by atoms with E-state index in [2.05, 4.69) is 46.7 Å². The number of hydrogen-bond donors (Lipinski definition) is 3. The summed E-state index contributed by atoms with van der Waals surface area (Å²) in [6.07, 6.45) is -0.429. The molecule has 0 bridgehead atoms. The van der Waals surface area contributed by atoms with Gasteiger partial charge in [0.1, 0.15) is 18.2 Å². The average Bonchev–Trinajstić information content (AvgIpc) is 3.11. The van der Waals surface area contributed by atoms with Crippen molar-refractivity contribution in [3.63, 3.8) is 0 Å². The third kappa shape index (κ3) is 5.88. The number of alkyl halides is 3. The van der Waals surface area contributed by atoms with Crippen molar-refractivity contribution in [2.24, 2.45) is 0 Å². The van der Waals surface area contributed by atoms with Crippen LogP contribution in [-0.2, 0) is 15.8 Å². The van der Waals surface area contributed by atoms with Gasteiger partial charge in [0.25, 0.3) is 0 Å². The van der Waals surface area contributed by atoms with Crippen LogP contribution in [0.3, 0.4) is 0 Å². The van der Waals surface area contributed by atoms with Crippen LogP contribution in [0.5, 0.6) is 0 Å². The van der Waals surface area contributed by atoms with Crippen LogP contribution in [0.4, 0.5) is 19.0 Å². The van der Waals surface area contributed by atoms with Crippen LogP contribution in [0.25, 0.3) is 10.9 Å². The number of anilines is 1. The van der Waals surface area contributed by atoms with Crippen molar-refractivity contribution >= 4 is 28.5 Å². The zero-order valence-electron chi connectivity index (χ0n) is 20.9. The van der Waals surface area contributed by atoms with Gasteiger partial charge in [0.05, 0.1) is 23.2 Å². The molecule has 2 aliphatic rings. The number of carbonyl (C=O) groups is 2. The zero-order valence-corrected chi connectivity index (χ0v) is 20.9. The summed E-state index contributed by atoms with van der Waals surface area (Å²) < 4.78 is 39.8. The van der Waals surface area contributed by atoms with Crippen molar-refractivity contribution in [3.8, 4) is 0 Å². The Morgan fingerprint density at radius 3 is 2.53 bits per heavy atom. The molecule has 0 radical (unpaired) electrons. The summed E-state index contributed by atoms with van der Waals surface area (Å²) in [5.74, 6) is -0.0882. The second-order valence-electron chi connectivity index (χ2n) is 10.7. The van der Waals surface area contributed by atoms with Crippen LogP contribution in [0.1, 0.15) is 58.9 Å². The highest BCUT2D eigenvalue weighted by Gasteiger charge is 2.42. The van der Waals surface area contributed by atoms with Gasteiger partial charge in [0, 0.05) is 30.4 Å². The quantitative estimate of drug-likeness (QED) is 0.575. The van der Waals surface area contributed by atoms with Crippen molar-refractivity contribution in [2.75, 3.05) is 11.9 Å². The molecule has 1 aliphatic carbocycles. The fourth-order valence-corrected chi connectivity index (χ4v) is 5.37. The Hall–Kier alpha value is -2.95. The first-order valence-corrected chi connectivity index (χ1v) is 12.3. The summed E-state index contributed by atoms with van der Waals surface area (Å²) in [6.45, 7) is 8.26. The van der Waals surface area contributed by atoms with Gasteiger partial charge in [-0.3, -0.25) is 9.59 Å². The number of amides is 2. The number of halogens is 3. The lowest BCUT2D eigenvalue weighted by molar-refractivity contribution is -0.137. The lowest BCUT2D eigenvalue weighted by atomic mass is 9.84. The lowest BCUT2D eigenvalue weighted by Gasteiger charge is -2.43. The number of hydrogen-bond acceptors (Lipinski definition) is 6. The number of benzene rings is 1. The van der Waals surface area contributed by atoms with E-state index in [0.717, 1.165) is 25.0 Å². The van der Waals surface area contributed by atoms with Crippen molar-refractivity contribution < 1.29 is 22.8 Å². The SMILES string of the molecule is CC(=O)N[C@@H]1C[C@H](NC(C)(C)C)CCC1N1CC[C@H](Nc2ncnc3ccc(C(F)(F)F)cc23)C1=O. The number of fused-ring (bicyclic) bond motifs is 1. The third-order valence-corrected chi connectivity index (χ3v) is 6.75. The van der Waals surface area contributed by atoms with E-state index >= 15 is 0 Å². The standard InChI is InChI=1S/C25H33F3N6O2/c1-14(35)31-20-12-16(33-24(2,3)4)6-8-21(20)34-10-9-19(23(34)36)32-22-17-11-15(25(26,27)28)5-7-18(17)29-13-30-22/h5,7,11,13,16,19-21,33H,6,8-10,12H2,1-4H3,(H,31,35)(H,29,30,32)/t16-,19+,20-,21?/m1/s1. The van der Waals surface area contributed by atoms with E-state index in [0.29, 0.717) is 24.9 Å². The van der Waals surface area contributed by atoms with Crippen molar-refractivity contribution in [1.29, 1.82) is 0 Å². The second kappa shape index (κ2) is 9.84. The monoisotopic (exact) mass is 506 g/mol. The van der Waals surface area contributed by atoms with E-state index < -0.39 is 17.8 Å². The van der Waals surface area contributed by atoms with E-state index in [-0.39, 0.29) is 46.7 Å². The largest absolute Gasteiger partial charge is 0.416 e. The molecule has 2 heterocycles. The Balaban J connectivity index is 1.51. The highest BCUT2D eigenvalue weighted by atomic mass is 19.4. The fraction of sp³-hybridized carbons (Fsp3) is 0.600. The molecule has 11 heteroatoms. The van der Waals surface area contributed by atoms with Gasteiger partial charge in [-0.15, -0.1) is 0 Å². The van der Waals surface area contributed by atoms with Crippen LogP contribution < -0.4 is 16.0 Å². The molecule has 4 atom stereocenters. The fourth-order valence-electron chi connectivity index (χ4n) is 5.37. The maximum Gasteiger partial charge on any atom is 0.416 e. The molecule has 2 fully saturated rings. The molecule has 1 unspecified atom stereocenters. The highest BCUT2D eigenvalue weighted by molar-refractivity contribution is 5.93. The minimum atomic E-state index is -4.50. The maximum absolute atomic E-state index is 13.4. The van der Waals surface area contributed by atoms with Crippen molar-refractivity contribution in [3.05, 3.63) is 30.1 Å². The number of likely N-dealkylation sites (tertiary alicyclic amines) is 1. The van der Waals surface area contributed by atoms with Gasteiger partial charge in [0.2, 0.25) is 11.8 Å². The molecule has 4 rings (SSSR count). The number of nitrogens with zero attached hydrogens (tertiary/aromatic N) is 3. The zero-order chi connectivity index (χ0) is 26.3. The summed E-state index contributed by atoms with van der Waals surface area (Å²) in [6, 6.07) is 2.55. The third-order valence-electron chi connectivity index (χ3n) is 6.75. The Bertz CT molecular complexity index is 1130. The molecule has 3 N–H and O–H groups in total. The molecule has 36 heavy (non-hydrogen) atoms. The Morgan fingerprint density at radius 2 is 1.86 bits per heavy atom. The van der Waals surface area contributed by atoms with Crippen LogP contribution in [0.15, 0.2) is 24.5 Å². The van der Waals surface area contributed by atoms with Gasteiger partial charge in [-0.25, -0.2) is 9.97 Å². The molecule has 2 amide bonds. The summed E-state index contributed by atoms with van der Waals surface area (Å²) in [5.41, 5.74) is -0.507. The maximum atomic E-state index is 13.4. The highest BCUT2D eigenvalue weighted by Crippen LogP contribution is 2.34. The van der Waals surface area contributed by atoms with Gasteiger partial charge in [-0.2, -0.15) is 13.2 Å². The normalized spacial score (nSPS) is 25.3. The van der Waals surface area contributed by atoms with E-state index in [9.17, 15) is 22.8 Å². The van der Waals surface area contributed by atoms with E-state index in [1.165, 1.54) is 19.3 Å². The Kier molecular flexibility index (Phi) is 7.14. The second-order valence-corrected chi connectivity index (χ2v) is 10.7.